The number of carbonyl (C=O) groups is 2. The molecule has 2 aliphatic carbocycles. The van der Waals surface area contributed by atoms with Crippen molar-refractivity contribution in [2.75, 3.05) is 0 Å². The fraction of sp³-hybridized carbons (Fsp3) is 0.700. The molecular weight excluding hydrogens is 320 g/mol. The molecule has 0 aromatic carbocycles. The normalized spacial score (nSPS) is 44.0. The molecule has 1 N–H and O–H groups in total. The van der Waals surface area contributed by atoms with Crippen molar-refractivity contribution in [1.29, 1.82) is 0 Å². The van der Waals surface area contributed by atoms with E-state index in [9.17, 15) is 14.7 Å². The van der Waals surface area contributed by atoms with Gasteiger partial charge in [-0.1, -0.05) is 26.5 Å². The fourth-order valence-electron chi connectivity index (χ4n) is 5.17. The van der Waals surface area contributed by atoms with Crippen molar-refractivity contribution in [2.24, 2.45) is 23.2 Å². The predicted octanol–water partition coefficient (Wildman–Crippen LogP) is 2.78. The molecule has 5 nitrogen and oxygen atoms in total. The zero-order valence-electron chi connectivity index (χ0n) is 15.5. The van der Waals surface area contributed by atoms with E-state index in [1.165, 1.54) is 0 Å². The van der Waals surface area contributed by atoms with Gasteiger partial charge in [0.25, 0.3) is 0 Å². The highest BCUT2D eigenvalue weighted by Crippen LogP contribution is 2.57. The first-order valence-electron chi connectivity index (χ1n) is 9.10. The summed E-state index contributed by atoms with van der Waals surface area (Å²) in [5, 5.41) is 10.8. The van der Waals surface area contributed by atoms with Crippen molar-refractivity contribution in [3.05, 3.63) is 23.8 Å². The van der Waals surface area contributed by atoms with E-state index in [4.69, 9.17) is 9.47 Å². The topological polar surface area (TPSA) is 72.8 Å². The van der Waals surface area contributed by atoms with Gasteiger partial charge in [-0.2, -0.15) is 0 Å². The van der Waals surface area contributed by atoms with Gasteiger partial charge in [0.05, 0.1) is 6.10 Å². The molecule has 3 fully saturated rings. The quantitative estimate of drug-likeness (QED) is 0.614. The molecule has 0 spiro atoms. The molecule has 3 aliphatic rings. The summed E-state index contributed by atoms with van der Waals surface area (Å²) in [6.07, 6.45) is 2.43. The Balaban J connectivity index is 1.89. The van der Waals surface area contributed by atoms with Crippen molar-refractivity contribution in [1.82, 2.24) is 0 Å². The monoisotopic (exact) mass is 348 g/mol. The third kappa shape index (κ3) is 2.82. The van der Waals surface area contributed by atoms with E-state index >= 15 is 0 Å². The predicted molar refractivity (Wildman–Crippen MR) is 92.4 cm³/mol. The van der Waals surface area contributed by atoms with Crippen LogP contribution in [0.5, 0.6) is 0 Å². The fourth-order valence-corrected chi connectivity index (χ4v) is 5.17. The zero-order chi connectivity index (χ0) is 18.5. The van der Waals surface area contributed by atoms with Crippen molar-refractivity contribution in [2.45, 2.75) is 65.3 Å². The molecule has 25 heavy (non-hydrogen) atoms. The van der Waals surface area contributed by atoms with E-state index in [1.54, 1.807) is 19.9 Å². The van der Waals surface area contributed by atoms with Gasteiger partial charge in [-0.15, -0.1) is 0 Å². The number of aliphatic hydroxyl groups excluding tert-OH is 1. The van der Waals surface area contributed by atoms with Gasteiger partial charge in [0, 0.05) is 34.8 Å². The van der Waals surface area contributed by atoms with E-state index in [0.717, 1.165) is 0 Å². The van der Waals surface area contributed by atoms with Crippen LogP contribution in [0, 0.1) is 23.2 Å². The van der Waals surface area contributed by atoms with E-state index in [2.05, 4.69) is 13.5 Å². The Hall–Kier alpha value is -1.62. The third-order valence-corrected chi connectivity index (χ3v) is 6.69. The van der Waals surface area contributed by atoms with E-state index in [-0.39, 0.29) is 41.9 Å². The minimum Gasteiger partial charge on any atom is -0.459 e. The molecule has 0 radical (unpaired) electrons. The molecule has 0 bridgehead atoms. The van der Waals surface area contributed by atoms with Crippen LogP contribution in [0.1, 0.15) is 47.0 Å². The Morgan fingerprint density at radius 2 is 2.12 bits per heavy atom. The Bertz CT molecular complexity index is 636. The molecule has 3 rings (SSSR count). The second-order valence-corrected chi connectivity index (χ2v) is 8.19. The van der Waals surface area contributed by atoms with Crippen molar-refractivity contribution in [3.63, 3.8) is 0 Å². The highest BCUT2D eigenvalue weighted by molar-refractivity contribution is 5.90. The maximum Gasteiger partial charge on any atom is 0.334 e. The Morgan fingerprint density at radius 1 is 1.44 bits per heavy atom. The lowest BCUT2D eigenvalue weighted by Gasteiger charge is -2.38. The van der Waals surface area contributed by atoms with Crippen molar-refractivity contribution >= 4 is 11.9 Å². The lowest BCUT2D eigenvalue weighted by Crippen LogP contribution is -2.39. The van der Waals surface area contributed by atoms with Gasteiger partial charge in [0.15, 0.2) is 0 Å². The Labute approximate surface area is 149 Å². The Kier molecular flexibility index (Phi) is 4.56. The minimum atomic E-state index is -0.578. The average molecular weight is 348 g/mol. The van der Waals surface area contributed by atoms with Crippen LogP contribution >= 0.6 is 0 Å². The molecule has 138 valence electrons. The summed E-state index contributed by atoms with van der Waals surface area (Å²) in [6.45, 7) is 11.6. The van der Waals surface area contributed by atoms with Gasteiger partial charge in [0.2, 0.25) is 0 Å². The first-order valence-corrected chi connectivity index (χ1v) is 9.10. The van der Waals surface area contributed by atoms with E-state index < -0.39 is 11.5 Å². The number of ether oxygens (including phenoxy) is 2. The van der Waals surface area contributed by atoms with Crippen LogP contribution in [-0.4, -0.2) is 35.4 Å². The van der Waals surface area contributed by atoms with Crippen LogP contribution in [0.15, 0.2) is 23.8 Å². The molecule has 7 unspecified atom stereocenters. The number of esters is 2. The van der Waals surface area contributed by atoms with Gasteiger partial charge < -0.3 is 14.6 Å². The van der Waals surface area contributed by atoms with Gasteiger partial charge in [-0.3, -0.25) is 0 Å². The summed E-state index contributed by atoms with van der Waals surface area (Å²) >= 11 is 0. The summed E-state index contributed by atoms with van der Waals surface area (Å²) in [5.41, 5.74) is 0.657. The summed E-state index contributed by atoms with van der Waals surface area (Å²) in [4.78, 5) is 24.1. The minimum absolute atomic E-state index is 0.0354. The molecule has 5 heteroatoms. The zero-order valence-corrected chi connectivity index (χ0v) is 15.5. The second-order valence-electron chi connectivity index (χ2n) is 8.19. The number of fused-ring (bicyclic) bond motifs is 2. The van der Waals surface area contributed by atoms with E-state index in [0.29, 0.717) is 30.4 Å². The number of allylic oxidation sites excluding steroid dienone is 1. The van der Waals surface area contributed by atoms with Gasteiger partial charge in [-0.05, 0) is 32.6 Å². The Morgan fingerprint density at radius 3 is 2.76 bits per heavy atom. The molecule has 0 aromatic heterocycles. The molecule has 0 aromatic rings. The summed E-state index contributed by atoms with van der Waals surface area (Å²) < 4.78 is 11.3. The number of hydrogen-bond acceptors (Lipinski definition) is 5. The first kappa shape index (κ1) is 18.2. The first-order chi connectivity index (χ1) is 11.7. The van der Waals surface area contributed by atoms with Crippen LogP contribution in [0.2, 0.25) is 0 Å². The largest absolute Gasteiger partial charge is 0.459 e. The molecule has 2 saturated carbocycles. The van der Waals surface area contributed by atoms with Crippen LogP contribution < -0.4 is 0 Å². The molecule has 1 aliphatic heterocycles. The highest BCUT2D eigenvalue weighted by Gasteiger charge is 2.60. The van der Waals surface area contributed by atoms with Crippen LogP contribution in [-0.2, 0) is 19.1 Å². The van der Waals surface area contributed by atoms with Crippen LogP contribution in [0.25, 0.3) is 0 Å². The average Bonchev–Trinajstić information content (AvgIpc) is 2.89. The smallest absolute Gasteiger partial charge is 0.334 e. The second kappa shape index (κ2) is 6.27. The van der Waals surface area contributed by atoms with Gasteiger partial charge in [0.1, 0.15) is 12.2 Å². The molecule has 1 heterocycles. The lowest BCUT2D eigenvalue weighted by atomic mass is 9.69. The molecule has 7 atom stereocenters. The number of carbonyl (C=O) groups excluding carboxylic acids is 2. The maximum atomic E-state index is 12.2. The van der Waals surface area contributed by atoms with Crippen molar-refractivity contribution in [3.8, 4) is 0 Å². The SMILES string of the molecule is C=C1C(=O)OC2CC(C)C3C(OC(=O)C(C)=CC)CC(O)C3(C)CC12. The molecule has 0 amide bonds. The molecular formula is C20H28O5. The van der Waals surface area contributed by atoms with Crippen LogP contribution in [0.3, 0.4) is 0 Å². The lowest BCUT2D eigenvalue weighted by molar-refractivity contribution is -0.148. The third-order valence-electron chi connectivity index (χ3n) is 6.69. The van der Waals surface area contributed by atoms with Crippen LogP contribution in [0.4, 0.5) is 0 Å². The van der Waals surface area contributed by atoms with E-state index in [1.807, 2.05) is 6.92 Å². The summed E-state index contributed by atoms with van der Waals surface area (Å²) in [6, 6.07) is 0. The van der Waals surface area contributed by atoms with Gasteiger partial charge >= 0.3 is 11.9 Å². The highest BCUT2D eigenvalue weighted by atomic mass is 16.6. The number of rotatable bonds is 2. The summed E-state index contributed by atoms with van der Waals surface area (Å²) in [7, 11) is 0. The standard InChI is InChI=1S/C20H28O5/c1-6-10(2)18(22)25-15-8-16(21)20(5)9-13-12(4)19(23)24-14(13)7-11(3)17(15)20/h6,11,13-17,21H,4,7-9H2,1-3,5H3. The number of aliphatic hydroxyl groups is 1. The maximum absolute atomic E-state index is 12.2. The van der Waals surface area contributed by atoms with Crippen molar-refractivity contribution < 1.29 is 24.2 Å². The van der Waals surface area contributed by atoms with Gasteiger partial charge in [-0.25, -0.2) is 9.59 Å². The number of hydrogen-bond donors (Lipinski definition) is 1. The summed E-state index contributed by atoms with van der Waals surface area (Å²) in [5.74, 6) is -0.501. The molecule has 1 saturated heterocycles.